The summed E-state index contributed by atoms with van der Waals surface area (Å²) >= 11 is 1.33. The second kappa shape index (κ2) is 5.92. The molecule has 8 heteroatoms. The molecule has 3 rings (SSSR count). The van der Waals surface area contributed by atoms with Crippen molar-refractivity contribution in [2.24, 2.45) is 0 Å². The molecular formula is C12H13F2N3O2S. The van der Waals surface area contributed by atoms with E-state index in [0.717, 1.165) is 12.8 Å². The maximum atomic E-state index is 12.1. The van der Waals surface area contributed by atoms with Crippen LogP contribution in [-0.4, -0.2) is 27.2 Å². The normalized spacial score (nSPS) is 23.4. The first-order chi connectivity index (χ1) is 9.72. The van der Waals surface area contributed by atoms with Crippen molar-refractivity contribution in [2.45, 2.75) is 44.3 Å². The Morgan fingerprint density at radius 2 is 2.10 bits per heavy atom. The summed E-state index contributed by atoms with van der Waals surface area (Å²) in [5.74, 6) is 1.16. The molecule has 0 atom stereocenters. The molecule has 1 fully saturated rings. The summed E-state index contributed by atoms with van der Waals surface area (Å²) in [6, 6.07) is 1.83. The molecule has 0 unspecified atom stereocenters. The Hall–Kier alpha value is -1.41. The molecule has 0 aliphatic heterocycles. The van der Waals surface area contributed by atoms with E-state index in [-0.39, 0.29) is 12.0 Å². The lowest BCUT2D eigenvalue weighted by molar-refractivity contribution is -0.170. The minimum atomic E-state index is -2.70. The van der Waals surface area contributed by atoms with E-state index in [0.29, 0.717) is 30.3 Å². The zero-order valence-electron chi connectivity index (χ0n) is 10.5. The Kier molecular flexibility index (Phi) is 4.02. The highest BCUT2D eigenvalue weighted by molar-refractivity contribution is 7.03. The Bertz CT molecular complexity index is 539. The SMILES string of the molecule is FC(F)OC1CCC(c2nc(-c3ccsn3)no2)CC1. The highest BCUT2D eigenvalue weighted by Gasteiger charge is 2.28. The van der Waals surface area contributed by atoms with Gasteiger partial charge in [-0.3, -0.25) is 0 Å². The lowest BCUT2D eigenvalue weighted by Crippen LogP contribution is -2.22. The van der Waals surface area contributed by atoms with Crippen molar-refractivity contribution < 1.29 is 18.0 Å². The van der Waals surface area contributed by atoms with Gasteiger partial charge in [-0.15, -0.1) is 0 Å². The van der Waals surface area contributed by atoms with Crippen molar-refractivity contribution in [1.29, 1.82) is 0 Å². The summed E-state index contributed by atoms with van der Waals surface area (Å²) in [7, 11) is 0. The van der Waals surface area contributed by atoms with Crippen LogP contribution in [0.1, 0.15) is 37.5 Å². The zero-order chi connectivity index (χ0) is 13.9. The van der Waals surface area contributed by atoms with Gasteiger partial charge in [0.25, 0.3) is 0 Å². The van der Waals surface area contributed by atoms with E-state index < -0.39 is 6.61 Å². The first-order valence-corrected chi connectivity index (χ1v) is 7.24. The molecule has 0 saturated heterocycles. The van der Waals surface area contributed by atoms with Gasteiger partial charge in [-0.1, -0.05) is 5.16 Å². The number of hydrogen-bond donors (Lipinski definition) is 0. The molecule has 1 aliphatic rings. The van der Waals surface area contributed by atoms with Crippen LogP contribution in [0.4, 0.5) is 8.78 Å². The largest absolute Gasteiger partial charge is 0.345 e. The molecule has 108 valence electrons. The summed E-state index contributed by atoms with van der Waals surface area (Å²) in [6.45, 7) is -2.70. The fourth-order valence-electron chi connectivity index (χ4n) is 2.42. The standard InChI is InChI=1S/C12H13F2N3O2S/c13-12(14)18-8-3-1-7(2-4-8)11-15-10(16-19-11)9-5-6-20-17-9/h5-8,12H,1-4H2. The third-order valence-corrected chi connectivity index (χ3v) is 3.99. The van der Waals surface area contributed by atoms with Gasteiger partial charge in [0.1, 0.15) is 5.69 Å². The van der Waals surface area contributed by atoms with E-state index in [9.17, 15) is 8.78 Å². The van der Waals surface area contributed by atoms with E-state index in [1.165, 1.54) is 11.5 Å². The van der Waals surface area contributed by atoms with Gasteiger partial charge in [0.2, 0.25) is 11.7 Å². The van der Waals surface area contributed by atoms with E-state index in [4.69, 9.17) is 4.52 Å². The lowest BCUT2D eigenvalue weighted by atomic mass is 9.87. The Morgan fingerprint density at radius 1 is 1.30 bits per heavy atom. The van der Waals surface area contributed by atoms with Crippen LogP contribution in [0.15, 0.2) is 16.0 Å². The third kappa shape index (κ3) is 3.01. The van der Waals surface area contributed by atoms with Gasteiger partial charge in [-0.25, -0.2) is 0 Å². The number of ether oxygens (including phenoxy) is 1. The molecule has 5 nitrogen and oxygen atoms in total. The minimum absolute atomic E-state index is 0.118. The Labute approximate surface area is 118 Å². The van der Waals surface area contributed by atoms with Crippen LogP contribution < -0.4 is 0 Å². The number of aromatic nitrogens is 3. The topological polar surface area (TPSA) is 61.0 Å². The van der Waals surface area contributed by atoms with Crippen molar-refractivity contribution in [3.05, 3.63) is 17.3 Å². The second-order valence-corrected chi connectivity index (χ2v) is 5.38. The summed E-state index contributed by atoms with van der Waals surface area (Å²) in [5.41, 5.74) is 0.694. The average molecular weight is 301 g/mol. The second-order valence-electron chi connectivity index (χ2n) is 4.71. The van der Waals surface area contributed by atoms with E-state index in [1.807, 2.05) is 11.4 Å². The Balaban J connectivity index is 1.61. The van der Waals surface area contributed by atoms with E-state index in [2.05, 4.69) is 19.3 Å². The van der Waals surface area contributed by atoms with Crippen LogP contribution in [0.25, 0.3) is 11.5 Å². The highest BCUT2D eigenvalue weighted by Crippen LogP contribution is 2.34. The Morgan fingerprint density at radius 3 is 2.75 bits per heavy atom. The molecule has 0 spiro atoms. The summed E-state index contributed by atoms with van der Waals surface area (Å²) in [5, 5.41) is 5.75. The van der Waals surface area contributed by atoms with Gasteiger partial charge < -0.3 is 9.26 Å². The summed E-state index contributed by atoms with van der Waals surface area (Å²) in [6.07, 6.45) is 2.24. The van der Waals surface area contributed by atoms with Crippen molar-refractivity contribution in [3.63, 3.8) is 0 Å². The van der Waals surface area contributed by atoms with E-state index >= 15 is 0 Å². The molecule has 1 aliphatic carbocycles. The molecule has 2 aromatic heterocycles. The molecule has 0 radical (unpaired) electrons. The third-order valence-electron chi connectivity index (χ3n) is 3.43. The monoisotopic (exact) mass is 301 g/mol. The molecule has 2 aromatic rings. The number of hydrogen-bond acceptors (Lipinski definition) is 6. The number of halogens is 2. The maximum Gasteiger partial charge on any atom is 0.345 e. The van der Waals surface area contributed by atoms with Crippen LogP contribution >= 0.6 is 11.5 Å². The molecule has 20 heavy (non-hydrogen) atoms. The van der Waals surface area contributed by atoms with Crippen LogP contribution in [0.5, 0.6) is 0 Å². The summed E-state index contributed by atoms with van der Waals surface area (Å²) < 4.78 is 38.2. The minimum Gasteiger partial charge on any atom is -0.339 e. The van der Waals surface area contributed by atoms with E-state index in [1.54, 1.807) is 0 Å². The average Bonchev–Trinajstić information content (AvgIpc) is 3.10. The molecule has 1 saturated carbocycles. The van der Waals surface area contributed by atoms with Gasteiger partial charge in [0.05, 0.1) is 6.10 Å². The van der Waals surface area contributed by atoms with Gasteiger partial charge >= 0.3 is 6.61 Å². The van der Waals surface area contributed by atoms with Crippen molar-refractivity contribution >= 4 is 11.5 Å². The van der Waals surface area contributed by atoms with Gasteiger partial charge in [0, 0.05) is 11.3 Å². The fourth-order valence-corrected chi connectivity index (χ4v) is 2.93. The molecular weight excluding hydrogens is 288 g/mol. The van der Waals surface area contributed by atoms with Crippen LogP contribution in [0.2, 0.25) is 0 Å². The zero-order valence-corrected chi connectivity index (χ0v) is 11.4. The molecule has 0 amide bonds. The van der Waals surface area contributed by atoms with Crippen molar-refractivity contribution in [1.82, 2.24) is 14.5 Å². The van der Waals surface area contributed by atoms with Crippen LogP contribution in [0, 0.1) is 0 Å². The quantitative estimate of drug-likeness (QED) is 0.865. The number of nitrogens with zero attached hydrogens (tertiary/aromatic N) is 3. The first kappa shape index (κ1) is 13.6. The molecule has 0 aromatic carbocycles. The fraction of sp³-hybridized carbons (Fsp3) is 0.583. The number of alkyl halides is 2. The predicted molar refractivity (Wildman–Crippen MR) is 67.5 cm³/mol. The van der Waals surface area contributed by atoms with Crippen molar-refractivity contribution in [2.75, 3.05) is 0 Å². The molecule has 0 bridgehead atoms. The predicted octanol–water partition coefficient (Wildman–Crippen LogP) is 3.46. The maximum absolute atomic E-state index is 12.1. The molecule has 0 N–H and O–H groups in total. The van der Waals surface area contributed by atoms with Gasteiger partial charge in [-0.2, -0.15) is 18.1 Å². The van der Waals surface area contributed by atoms with Crippen LogP contribution in [-0.2, 0) is 4.74 Å². The smallest absolute Gasteiger partial charge is 0.339 e. The first-order valence-electron chi connectivity index (χ1n) is 6.40. The van der Waals surface area contributed by atoms with Crippen LogP contribution in [0.3, 0.4) is 0 Å². The highest BCUT2D eigenvalue weighted by atomic mass is 32.1. The molecule has 2 heterocycles. The van der Waals surface area contributed by atoms with Gasteiger partial charge in [0.15, 0.2) is 0 Å². The summed E-state index contributed by atoms with van der Waals surface area (Å²) in [4.78, 5) is 4.34. The van der Waals surface area contributed by atoms with Gasteiger partial charge in [-0.05, 0) is 43.3 Å². The lowest BCUT2D eigenvalue weighted by Gasteiger charge is -2.25. The number of rotatable bonds is 4. The van der Waals surface area contributed by atoms with Crippen molar-refractivity contribution in [3.8, 4) is 11.5 Å².